The Hall–Kier alpha value is -2.61. The predicted molar refractivity (Wildman–Crippen MR) is 167 cm³/mol. The number of allylic oxidation sites excluding steroid dienone is 3. The molecular weight excluding hydrogens is 460 g/mol. The van der Waals surface area contributed by atoms with Crippen LogP contribution in [0.3, 0.4) is 0 Å². The summed E-state index contributed by atoms with van der Waals surface area (Å²) in [5.74, 6) is 9.13. The average Bonchev–Trinajstić information content (AvgIpc) is 3.27. The van der Waals surface area contributed by atoms with Crippen molar-refractivity contribution < 1.29 is 4.68 Å². The van der Waals surface area contributed by atoms with Crippen LogP contribution in [-0.2, 0) is 12.8 Å². The van der Waals surface area contributed by atoms with Crippen LogP contribution in [0.15, 0.2) is 66.3 Å². The summed E-state index contributed by atoms with van der Waals surface area (Å²) in [5.41, 5.74) is 8.30. The van der Waals surface area contributed by atoms with Gasteiger partial charge in [-0.25, -0.2) is 4.68 Å². The number of nitrogens with one attached hydrogen (secondary N) is 1. The minimum atomic E-state index is 0.985. The Labute approximate surface area is 233 Å². The molecule has 0 amide bonds. The van der Waals surface area contributed by atoms with Gasteiger partial charge < -0.3 is 5.84 Å². The lowest BCUT2D eigenvalue weighted by Gasteiger charge is -2.09. The third-order valence-electron chi connectivity index (χ3n) is 7.82. The lowest BCUT2D eigenvalue weighted by molar-refractivity contribution is -0.347. The largest absolute Gasteiger partial charge is 0.448 e. The Balaban J connectivity index is 1.77. The molecule has 0 spiro atoms. The van der Waals surface area contributed by atoms with Crippen molar-refractivity contribution in [2.24, 2.45) is 0 Å². The second-order valence-corrected chi connectivity index (χ2v) is 11.1. The van der Waals surface area contributed by atoms with Crippen LogP contribution in [0, 0.1) is 0 Å². The highest BCUT2D eigenvalue weighted by atomic mass is 15.3. The number of hydrogen-bond donors (Lipinski definition) is 0. The zero-order valence-corrected chi connectivity index (χ0v) is 24.5. The normalized spacial score (nSPS) is 14.5. The smallest absolute Gasteiger partial charge is 0.215 e. The minimum absolute atomic E-state index is 0.985. The van der Waals surface area contributed by atoms with E-state index in [1.165, 1.54) is 100 Å². The van der Waals surface area contributed by atoms with Crippen LogP contribution in [0.5, 0.6) is 0 Å². The Morgan fingerprint density at radius 1 is 0.579 bits per heavy atom. The minimum Gasteiger partial charge on any atom is -0.448 e. The zero-order valence-electron chi connectivity index (χ0n) is 24.5. The van der Waals surface area contributed by atoms with Gasteiger partial charge >= 0.3 is 0 Å². The van der Waals surface area contributed by atoms with Crippen molar-refractivity contribution in [2.75, 3.05) is 0 Å². The van der Waals surface area contributed by atoms with Crippen molar-refractivity contribution in [3.05, 3.63) is 94.4 Å². The number of nitrogens with zero attached hydrogens (tertiary/aromatic N) is 1. The molecule has 0 aliphatic carbocycles. The third kappa shape index (κ3) is 9.29. The third-order valence-corrected chi connectivity index (χ3v) is 7.82. The topological polar surface area (TPSA) is 26.8 Å². The quantitative estimate of drug-likeness (QED) is 0.140. The summed E-state index contributed by atoms with van der Waals surface area (Å²) in [5, 5.41) is 0. The number of rotatable bonds is 18. The number of unbranched alkanes of at least 4 members (excludes halogenated alkanes) is 11. The van der Waals surface area contributed by atoms with Crippen molar-refractivity contribution in [2.45, 2.75) is 124 Å². The van der Waals surface area contributed by atoms with E-state index in [1.54, 1.807) is 4.68 Å². The molecule has 1 aliphatic heterocycles. The van der Waals surface area contributed by atoms with Crippen LogP contribution in [0.2, 0.25) is 0 Å². The SMILES string of the molecule is CCCCCCCC=C1C=C(c2ccc(CCCCCC)cc2)[N+]([NH-])=C1c1ccc(CCCCCC)cc1. The van der Waals surface area contributed by atoms with E-state index in [0.29, 0.717) is 0 Å². The van der Waals surface area contributed by atoms with Crippen LogP contribution in [-0.4, -0.2) is 10.4 Å². The first-order valence-corrected chi connectivity index (χ1v) is 15.7. The summed E-state index contributed by atoms with van der Waals surface area (Å²) in [6, 6.07) is 18.0. The molecule has 2 nitrogen and oxygen atoms in total. The van der Waals surface area contributed by atoms with Gasteiger partial charge in [0.25, 0.3) is 0 Å². The van der Waals surface area contributed by atoms with Gasteiger partial charge in [-0.2, -0.15) is 0 Å². The number of benzene rings is 2. The van der Waals surface area contributed by atoms with Gasteiger partial charge in [0, 0.05) is 22.8 Å². The van der Waals surface area contributed by atoms with Crippen LogP contribution in [0.25, 0.3) is 11.5 Å². The summed E-state index contributed by atoms with van der Waals surface area (Å²) in [7, 11) is 0. The van der Waals surface area contributed by atoms with Crippen molar-refractivity contribution in [3.63, 3.8) is 0 Å². The van der Waals surface area contributed by atoms with Crippen molar-refractivity contribution in [1.82, 2.24) is 0 Å². The molecule has 206 valence electrons. The zero-order chi connectivity index (χ0) is 27.0. The van der Waals surface area contributed by atoms with E-state index in [9.17, 15) is 0 Å². The highest BCUT2D eigenvalue weighted by Gasteiger charge is 2.27. The molecule has 1 heterocycles. The van der Waals surface area contributed by atoms with Crippen molar-refractivity contribution in [3.8, 4) is 0 Å². The lowest BCUT2D eigenvalue weighted by Crippen LogP contribution is -2.11. The van der Waals surface area contributed by atoms with Crippen LogP contribution in [0.4, 0.5) is 0 Å². The van der Waals surface area contributed by atoms with Gasteiger partial charge in [-0.15, -0.1) is 0 Å². The standard InChI is InChI=1S/C36H52N2/c1-4-7-10-13-14-17-20-34-29-35(32-25-21-30(22-26-32)18-15-11-8-5-2)38(37)36(34)33-27-23-31(24-28-33)19-16-12-9-6-3/h20-29,37H,4-19H2,1-3H3. The van der Waals surface area contributed by atoms with Crippen molar-refractivity contribution >= 4 is 11.4 Å². The molecule has 0 saturated heterocycles. The molecule has 0 aromatic heterocycles. The Bertz CT molecular complexity index is 1040. The van der Waals surface area contributed by atoms with E-state index in [2.05, 4.69) is 81.5 Å². The van der Waals surface area contributed by atoms with Gasteiger partial charge in [-0.05, 0) is 73.9 Å². The maximum atomic E-state index is 9.13. The molecule has 3 rings (SSSR count). The molecule has 0 radical (unpaired) electrons. The van der Waals surface area contributed by atoms with E-state index in [0.717, 1.165) is 41.8 Å². The highest BCUT2D eigenvalue weighted by Crippen LogP contribution is 2.29. The molecule has 0 bridgehead atoms. The van der Waals surface area contributed by atoms with Gasteiger partial charge in [0.05, 0.1) is 0 Å². The molecular formula is C36H52N2. The van der Waals surface area contributed by atoms with Gasteiger partial charge in [0.1, 0.15) is 0 Å². The average molecular weight is 513 g/mol. The maximum absolute atomic E-state index is 9.13. The first kappa shape index (κ1) is 29.9. The Kier molecular flexibility index (Phi) is 13.5. The van der Waals surface area contributed by atoms with Gasteiger partial charge in [0.15, 0.2) is 0 Å². The van der Waals surface area contributed by atoms with E-state index in [-0.39, 0.29) is 0 Å². The van der Waals surface area contributed by atoms with E-state index < -0.39 is 0 Å². The van der Waals surface area contributed by atoms with Crippen LogP contribution < -0.4 is 0 Å². The highest BCUT2D eigenvalue weighted by molar-refractivity contribution is 6.14. The van der Waals surface area contributed by atoms with Crippen LogP contribution >= 0.6 is 0 Å². The first-order chi connectivity index (χ1) is 18.7. The second-order valence-electron chi connectivity index (χ2n) is 11.1. The maximum Gasteiger partial charge on any atom is 0.215 e. The summed E-state index contributed by atoms with van der Waals surface area (Å²) < 4.78 is 1.68. The van der Waals surface area contributed by atoms with Gasteiger partial charge in [0.2, 0.25) is 11.4 Å². The van der Waals surface area contributed by atoms with Crippen LogP contribution in [0.1, 0.15) is 133 Å². The fraction of sp³-hybridized carbons (Fsp3) is 0.528. The monoisotopic (exact) mass is 512 g/mol. The van der Waals surface area contributed by atoms with Gasteiger partial charge in [-0.3, -0.25) is 0 Å². The molecule has 0 unspecified atom stereocenters. The predicted octanol–water partition coefficient (Wildman–Crippen LogP) is 11.0. The second kappa shape index (κ2) is 17.1. The molecule has 0 fully saturated rings. The molecule has 0 saturated carbocycles. The van der Waals surface area contributed by atoms with Crippen molar-refractivity contribution in [1.29, 1.82) is 0 Å². The van der Waals surface area contributed by atoms with E-state index >= 15 is 0 Å². The molecule has 2 heteroatoms. The van der Waals surface area contributed by atoms with E-state index in [4.69, 9.17) is 5.84 Å². The molecule has 1 N–H and O–H groups in total. The fourth-order valence-electron chi connectivity index (χ4n) is 5.38. The molecule has 2 aromatic carbocycles. The first-order valence-electron chi connectivity index (χ1n) is 15.7. The fourth-order valence-corrected chi connectivity index (χ4v) is 5.38. The molecule has 0 atom stereocenters. The Morgan fingerprint density at radius 3 is 1.58 bits per heavy atom. The number of hydrogen-bond acceptors (Lipinski definition) is 0. The number of aryl methyl sites for hydroxylation is 2. The van der Waals surface area contributed by atoms with Gasteiger partial charge in [-0.1, -0.05) is 115 Å². The summed E-state index contributed by atoms with van der Waals surface area (Å²) in [6.45, 7) is 6.80. The summed E-state index contributed by atoms with van der Waals surface area (Å²) in [6.07, 6.45) is 24.8. The summed E-state index contributed by atoms with van der Waals surface area (Å²) >= 11 is 0. The molecule has 2 aromatic rings. The van der Waals surface area contributed by atoms with E-state index in [1.807, 2.05) is 0 Å². The Morgan fingerprint density at radius 2 is 1.05 bits per heavy atom. The lowest BCUT2D eigenvalue weighted by atomic mass is 9.98. The molecule has 1 aliphatic rings. The molecule has 38 heavy (non-hydrogen) atoms. The summed E-state index contributed by atoms with van der Waals surface area (Å²) in [4.78, 5) is 0.